The minimum absolute atomic E-state index is 0.0223. The van der Waals surface area contributed by atoms with Gasteiger partial charge in [0.25, 0.3) is 5.91 Å². The zero-order valence-corrected chi connectivity index (χ0v) is 23.8. The molecule has 1 fully saturated rings. The summed E-state index contributed by atoms with van der Waals surface area (Å²) < 4.78 is 41.5. The fourth-order valence-electron chi connectivity index (χ4n) is 5.00. The molecule has 1 unspecified atom stereocenters. The summed E-state index contributed by atoms with van der Waals surface area (Å²) >= 11 is 0. The van der Waals surface area contributed by atoms with Crippen LogP contribution in [0.5, 0.6) is 0 Å². The summed E-state index contributed by atoms with van der Waals surface area (Å²) in [6, 6.07) is 22.3. The molecule has 0 bridgehead atoms. The molecule has 3 aromatic carbocycles. The maximum absolute atomic E-state index is 13.8. The molecule has 8 nitrogen and oxygen atoms in total. The van der Waals surface area contributed by atoms with Crippen LogP contribution in [-0.4, -0.2) is 35.5 Å². The van der Waals surface area contributed by atoms with E-state index in [0.29, 0.717) is 24.7 Å². The van der Waals surface area contributed by atoms with Crippen LogP contribution in [0.1, 0.15) is 52.7 Å². The molecule has 43 heavy (non-hydrogen) atoms. The van der Waals surface area contributed by atoms with Crippen LogP contribution < -0.4 is 26.6 Å². The van der Waals surface area contributed by atoms with Crippen molar-refractivity contribution in [3.05, 3.63) is 101 Å². The maximum atomic E-state index is 13.8. The molecule has 0 aliphatic carbocycles. The van der Waals surface area contributed by atoms with Gasteiger partial charge in [-0.25, -0.2) is 4.98 Å². The van der Waals surface area contributed by atoms with Crippen molar-refractivity contribution >= 4 is 34.7 Å². The van der Waals surface area contributed by atoms with Gasteiger partial charge in [-0.2, -0.15) is 18.2 Å². The zero-order valence-electron chi connectivity index (χ0n) is 23.8. The number of rotatable bonds is 10. The molecule has 0 saturated carbocycles. The molecule has 11 heteroatoms. The highest BCUT2D eigenvalue weighted by atomic mass is 19.4. The first-order valence-corrected chi connectivity index (χ1v) is 14.3. The second kappa shape index (κ2) is 13.6. The lowest BCUT2D eigenvalue weighted by atomic mass is 9.91. The van der Waals surface area contributed by atoms with Crippen molar-refractivity contribution in [3.63, 3.8) is 0 Å². The van der Waals surface area contributed by atoms with Gasteiger partial charge in [-0.05, 0) is 79.8 Å². The molecule has 5 rings (SSSR count). The predicted octanol–water partition coefficient (Wildman–Crippen LogP) is 6.81. The van der Waals surface area contributed by atoms with Gasteiger partial charge in [-0.15, -0.1) is 0 Å². The lowest BCUT2D eigenvalue weighted by Crippen LogP contribution is -2.28. The first-order chi connectivity index (χ1) is 20.8. The molecule has 1 atom stereocenters. The third-order valence-electron chi connectivity index (χ3n) is 7.22. The zero-order chi connectivity index (χ0) is 30.2. The summed E-state index contributed by atoms with van der Waals surface area (Å²) in [5.74, 6) is -0.366. The van der Waals surface area contributed by atoms with Gasteiger partial charge in [0.2, 0.25) is 5.95 Å². The summed E-state index contributed by atoms with van der Waals surface area (Å²) in [5, 5.41) is 15.3. The first kappa shape index (κ1) is 29.8. The summed E-state index contributed by atoms with van der Waals surface area (Å²) in [6.07, 6.45) is -1.61. The number of halogens is 3. The highest BCUT2D eigenvalue weighted by molar-refractivity contribution is 6.00. The van der Waals surface area contributed by atoms with E-state index in [-0.39, 0.29) is 17.2 Å². The fourth-order valence-corrected chi connectivity index (χ4v) is 5.00. The Hall–Kier alpha value is -4.64. The average molecular weight is 590 g/mol. The van der Waals surface area contributed by atoms with Crippen LogP contribution >= 0.6 is 0 Å². The van der Waals surface area contributed by atoms with Gasteiger partial charge in [0.05, 0.1) is 11.3 Å². The molecule has 1 saturated heterocycles. The smallest absolute Gasteiger partial charge is 0.381 e. The number of carbonyl (C=O) groups excluding carboxylic acids is 1. The van der Waals surface area contributed by atoms with Gasteiger partial charge in [0.15, 0.2) is 0 Å². The van der Waals surface area contributed by atoms with E-state index < -0.39 is 23.5 Å². The predicted molar refractivity (Wildman–Crippen MR) is 163 cm³/mol. The lowest BCUT2D eigenvalue weighted by molar-refractivity contribution is -0.137. The molecule has 4 aromatic rings. The number of anilines is 5. The van der Waals surface area contributed by atoms with Gasteiger partial charge in [-0.3, -0.25) is 4.79 Å². The number of piperidine rings is 1. The molecular formula is C32H34F3N7O. The monoisotopic (exact) mass is 589 g/mol. The normalized spacial score (nSPS) is 15.0. The van der Waals surface area contributed by atoms with E-state index in [2.05, 4.69) is 60.8 Å². The number of para-hydroxylation sites is 1. The van der Waals surface area contributed by atoms with Crippen LogP contribution in [0.3, 0.4) is 0 Å². The highest BCUT2D eigenvalue weighted by Crippen LogP contribution is 2.36. The van der Waals surface area contributed by atoms with Gasteiger partial charge in [0.1, 0.15) is 11.4 Å². The number of amides is 1. The Labute approximate surface area is 248 Å². The number of carbonyl (C=O) groups is 1. The molecule has 5 N–H and O–H groups in total. The van der Waals surface area contributed by atoms with E-state index in [1.54, 1.807) is 19.1 Å². The molecule has 1 aliphatic heterocycles. The standard InChI is InChI=1S/C32H34F3N7O/c1-2-37-30(43)26-10-3-4-11-28(26)41-29-27(32(33,34)35)20-39-31(42-29)40-24-14-12-21(13-15-24)18-38-25-9-5-7-22(17-25)23-8-6-16-36-19-23/h3-5,7,9-15,17,20,23,36,38H,2,6,8,16,18-19H2,1H3,(H,37,43)(H2,39,40,41,42). The van der Waals surface area contributed by atoms with Crippen molar-refractivity contribution in [2.24, 2.45) is 0 Å². The molecule has 2 heterocycles. The Morgan fingerprint density at radius 3 is 2.56 bits per heavy atom. The van der Waals surface area contributed by atoms with Gasteiger partial charge in [0, 0.05) is 37.2 Å². The Morgan fingerprint density at radius 1 is 1.00 bits per heavy atom. The Bertz CT molecular complexity index is 1540. The van der Waals surface area contributed by atoms with Crippen LogP contribution in [0.4, 0.5) is 42.0 Å². The minimum Gasteiger partial charge on any atom is -0.381 e. The van der Waals surface area contributed by atoms with E-state index in [4.69, 9.17) is 0 Å². The second-order valence-electron chi connectivity index (χ2n) is 10.3. The fraction of sp³-hybridized carbons (Fsp3) is 0.281. The summed E-state index contributed by atoms with van der Waals surface area (Å²) in [6.45, 7) is 4.83. The largest absolute Gasteiger partial charge is 0.421 e. The SMILES string of the molecule is CCNC(=O)c1ccccc1Nc1nc(Nc2ccc(CNc3cccc(C4CCCNC4)c3)cc2)ncc1C(F)(F)F. The van der Waals surface area contributed by atoms with Crippen molar-refractivity contribution in [2.75, 3.05) is 35.6 Å². The molecular weight excluding hydrogens is 555 g/mol. The van der Waals surface area contributed by atoms with Crippen molar-refractivity contribution < 1.29 is 18.0 Å². The van der Waals surface area contributed by atoms with E-state index in [1.807, 2.05) is 24.3 Å². The summed E-state index contributed by atoms with van der Waals surface area (Å²) in [5.41, 5.74) is 3.38. The molecule has 0 radical (unpaired) electrons. The number of benzene rings is 3. The van der Waals surface area contributed by atoms with Gasteiger partial charge in [-0.1, -0.05) is 36.4 Å². The van der Waals surface area contributed by atoms with Crippen LogP contribution in [0, 0.1) is 0 Å². The molecule has 1 aliphatic rings. The number of alkyl halides is 3. The highest BCUT2D eigenvalue weighted by Gasteiger charge is 2.35. The Balaban J connectivity index is 1.27. The number of aromatic nitrogens is 2. The summed E-state index contributed by atoms with van der Waals surface area (Å²) in [4.78, 5) is 20.5. The molecule has 1 aromatic heterocycles. The Kier molecular flexibility index (Phi) is 9.41. The quantitative estimate of drug-likeness (QED) is 0.138. The number of hydrogen-bond donors (Lipinski definition) is 5. The van der Waals surface area contributed by atoms with E-state index in [1.165, 1.54) is 30.5 Å². The number of hydrogen-bond acceptors (Lipinski definition) is 7. The van der Waals surface area contributed by atoms with Gasteiger partial charge >= 0.3 is 6.18 Å². The molecule has 224 valence electrons. The van der Waals surface area contributed by atoms with Crippen LogP contribution in [0.15, 0.2) is 79.0 Å². The number of nitrogens with one attached hydrogen (secondary N) is 5. The minimum atomic E-state index is -4.71. The van der Waals surface area contributed by atoms with Crippen molar-refractivity contribution in [1.82, 2.24) is 20.6 Å². The topological polar surface area (TPSA) is 103 Å². The van der Waals surface area contributed by atoms with Crippen LogP contribution in [0.2, 0.25) is 0 Å². The van der Waals surface area contributed by atoms with E-state index >= 15 is 0 Å². The first-order valence-electron chi connectivity index (χ1n) is 14.3. The third kappa shape index (κ3) is 7.81. The van der Waals surface area contributed by atoms with Crippen molar-refractivity contribution in [2.45, 2.75) is 38.4 Å². The Morgan fingerprint density at radius 2 is 1.81 bits per heavy atom. The maximum Gasteiger partial charge on any atom is 0.421 e. The van der Waals surface area contributed by atoms with Crippen molar-refractivity contribution in [3.8, 4) is 0 Å². The van der Waals surface area contributed by atoms with E-state index in [9.17, 15) is 18.0 Å². The second-order valence-corrected chi connectivity index (χ2v) is 10.3. The van der Waals surface area contributed by atoms with Gasteiger partial charge < -0.3 is 26.6 Å². The average Bonchev–Trinajstić information content (AvgIpc) is 3.01. The van der Waals surface area contributed by atoms with E-state index in [0.717, 1.165) is 30.5 Å². The van der Waals surface area contributed by atoms with Crippen LogP contribution in [0.25, 0.3) is 0 Å². The summed E-state index contributed by atoms with van der Waals surface area (Å²) in [7, 11) is 0. The third-order valence-corrected chi connectivity index (χ3v) is 7.22. The molecule has 1 amide bonds. The number of nitrogens with zero attached hydrogens (tertiary/aromatic N) is 2. The molecule has 0 spiro atoms. The van der Waals surface area contributed by atoms with Crippen molar-refractivity contribution in [1.29, 1.82) is 0 Å². The lowest BCUT2D eigenvalue weighted by Gasteiger charge is -2.23. The van der Waals surface area contributed by atoms with Crippen LogP contribution in [-0.2, 0) is 12.7 Å².